The maximum Gasteiger partial charge on any atom is 0.416 e. The highest BCUT2D eigenvalue weighted by Gasteiger charge is 2.31. The number of aryl methyl sites for hydroxylation is 2. The maximum absolute atomic E-state index is 13.8. The molecule has 5 nitrogen and oxygen atoms in total. The zero-order valence-corrected chi connectivity index (χ0v) is 21.5. The van der Waals surface area contributed by atoms with Gasteiger partial charge in [-0.3, -0.25) is 14.2 Å². The fourth-order valence-corrected chi connectivity index (χ4v) is 7.28. The molecule has 0 spiro atoms. The van der Waals surface area contributed by atoms with E-state index in [4.69, 9.17) is 4.98 Å². The van der Waals surface area contributed by atoms with Crippen molar-refractivity contribution in [3.05, 3.63) is 50.6 Å². The monoisotopic (exact) mass is 535 g/mol. The molecule has 1 fully saturated rings. The molecule has 1 aromatic carbocycles. The summed E-state index contributed by atoms with van der Waals surface area (Å²) >= 11 is 2.58. The molecule has 2 aromatic heterocycles. The van der Waals surface area contributed by atoms with Crippen LogP contribution in [0.5, 0.6) is 0 Å². The molecule has 192 valence electrons. The number of hydrogen-bond donors (Lipinski definition) is 1. The van der Waals surface area contributed by atoms with Crippen LogP contribution < -0.4 is 10.9 Å². The van der Waals surface area contributed by atoms with Crippen LogP contribution in [0.4, 0.5) is 13.2 Å². The van der Waals surface area contributed by atoms with Gasteiger partial charge in [-0.15, -0.1) is 11.3 Å². The molecule has 0 radical (unpaired) electrons. The number of halogens is 3. The highest BCUT2D eigenvalue weighted by Crippen LogP contribution is 2.36. The van der Waals surface area contributed by atoms with E-state index in [1.807, 2.05) is 0 Å². The van der Waals surface area contributed by atoms with Gasteiger partial charge in [-0.1, -0.05) is 43.5 Å². The first-order valence-corrected chi connectivity index (χ1v) is 14.3. The molecule has 0 bridgehead atoms. The summed E-state index contributed by atoms with van der Waals surface area (Å²) in [6, 6.07) is 4.89. The predicted molar refractivity (Wildman–Crippen MR) is 137 cm³/mol. The van der Waals surface area contributed by atoms with Gasteiger partial charge < -0.3 is 5.32 Å². The number of thiophene rings is 1. The lowest BCUT2D eigenvalue weighted by Crippen LogP contribution is -2.35. The van der Waals surface area contributed by atoms with Crippen molar-refractivity contribution in [2.75, 3.05) is 5.75 Å². The van der Waals surface area contributed by atoms with Crippen LogP contribution >= 0.6 is 23.1 Å². The number of rotatable bonds is 5. The molecule has 36 heavy (non-hydrogen) atoms. The number of hydrogen-bond acceptors (Lipinski definition) is 5. The molecule has 0 unspecified atom stereocenters. The van der Waals surface area contributed by atoms with Crippen molar-refractivity contribution < 1.29 is 18.0 Å². The molecular weight excluding hydrogens is 507 g/mol. The minimum Gasteiger partial charge on any atom is -0.353 e. The van der Waals surface area contributed by atoms with E-state index < -0.39 is 11.7 Å². The first kappa shape index (κ1) is 25.3. The van der Waals surface area contributed by atoms with Gasteiger partial charge in [0.1, 0.15) is 4.83 Å². The van der Waals surface area contributed by atoms with Gasteiger partial charge >= 0.3 is 6.18 Å². The van der Waals surface area contributed by atoms with Gasteiger partial charge in [-0.05, 0) is 62.3 Å². The lowest BCUT2D eigenvalue weighted by molar-refractivity contribution is -0.137. The molecule has 2 aliphatic rings. The van der Waals surface area contributed by atoms with Gasteiger partial charge in [0.05, 0.1) is 22.4 Å². The second-order valence-electron chi connectivity index (χ2n) is 9.52. The zero-order chi connectivity index (χ0) is 25.3. The molecule has 5 rings (SSSR count). The summed E-state index contributed by atoms with van der Waals surface area (Å²) in [5.74, 6) is -0.110. The summed E-state index contributed by atoms with van der Waals surface area (Å²) in [5.41, 5.74) is -0.124. The van der Waals surface area contributed by atoms with Crippen LogP contribution in [-0.4, -0.2) is 27.3 Å². The van der Waals surface area contributed by atoms with Crippen molar-refractivity contribution >= 4 is 39.2 Å². The van der Waals surface area contributed by atoms with E-state index in [-0.39, 0.29) is 34.1 Å². The number of nitrogens with one attached hydrogen (secondary N) is 1. The number of fused-ring (bicyclic) bond motifs is 3. The van der Waals surface area contributed by atoms with Crippen LogP contribution in [-0.2, 0) is 23.8 Å². The summed E-state index contributed by atoms with van der Waals surface area (Å²) in [5, 5.41) is 3.82. The number of amides is 1. The quantitative estimate of drug-likeness (QED) is 0.237. The topological polar surface area (TPSA) is 64.0 Å². The van der Waals surface area contributed by atoms with Gasteiger partial charge in [0.25, 0.3) is 5.56 Å². The van der Waals surface area contributed by atoms with Crippen LogP contribution in [0.25, 0.3) is 15.9 Å². The smallest absolute Gasteiger partial charge is 0.353 e. The Bertz CT molecular complexity index is 1320. The van der Waals surface area contributed by atoms with Gasteiger partial charge in [-0.25, -0.2) is 4.98 Å². The summed E-state index contributed by atoms with van der Waals surface area (Å²) in [4.78, 5) is 33.0. The average molecular weight is 536 g/mol. The summed E-state index contributed by atoms with van der Waals surface area (Å²) in [6.45, 7) is 0. The fraction of sp³-hybridized carbons (Fsp3) is 0.500. The third-order valence-electron chi connectivity index (χ3n) is 6.94. The molecule has 1 amide bonds. The van der Waals surface area contributed by atoms with E-state index in [9.17, 15) is 22.8 Å². The molecular formula is C26H28F3N3O2S2. The van der Waals surface area contributed by atoms with Crippen molar-refractivity contribution in [1.29, 1.82) is 0 Å². The Hall–Kier alpha value is -2.33. The van der Waals surface area contributed by atoms with Gasteiger partial charge in [0.15, 0.2) is 5.16 Å². The van der Waals surface area contributed by atoms with Gasteiger partial charge in [0, 0.05) is 10.9 Å². The molecule has 3 aromatic rings. The third-order valence-corrected chi connectivity index (χ3v) is 9.07. The fourth-order valence-electron chi connectivity index (χ4n) is 5.16. The number of aromatic nitrogens is 2. The van der Waals surface area contributed by atoms with E-state index >= 15 is 0 Å². The molecule has 2 heterocycles. The van der Waals surface area contributed by atoms with Gasteiger partial charge in [0.2, 0.25) is 5.91 Å². The minimum atomic E-state index is -4.54. The van der Waals surface area contributed by atoms with Crippen molar-refractivity contribution in [2.45, 2.75) is 81.6 Å². The second-order valence-corrected chi connectivity index (χ2v) is 11.5. The number of alkyl halides is 3. The lowest BCUT2D eigenvalue weighted by Gasteiger charge is -2.17. The Labute approximate surface area is 215 Å². The van der Waals surface area contributed by atoms with E-state index in [2.05, 4.69) is 5.32 Å². The first-order chi connectivity index (χ1) is 17.3. The maximum atomic E-state index is 13.8. The van der Waals surface area contributed by atoms with Crippen LogP contribution in [0.1, 0.15) is 67.4 Å². The number of nitrogens with zero attached hydrogens (tertiary/aromatic N) is 2. The zero-order valence-electron chi connectivity index (χ0n) is 19.8. The minimum absolute atomic E-state index is 0.0402. The average Bonchev–Trinajstić information content (AvgIpc) is 3.03. The van der Waals surface area contributed by atoms with Crippen LogP contribution in [0.2, 0.25) is 0 Å². The molecule has 0 saturated heterocycles. The Kier molecular flexibility index (Phi) is 7.44. The van der Waals surface area contributed by atoms with Crippen LogP contribution in [0, 0.1) is 0 Å². The van der Waals surface area contributed by atoms with Crippen LogP contribution in [0.15, 0.2) is 34.2 Å². The standard InChI is InChI=1S/C26H28F3N3O2S2/c27-26(28,29)16-8-7-11-18(14-16)32-24(34)22-19-12-5-6-13-20(19)36-23(22)31-25(32)35-15-21(33)30-17-9-3-1-2-4-10-17/h7-8,11,14,17H,1-6,9-10,12-13,15H2,(H,30,33). The van der Waals surface area contributed by atoms with Gasteiger partial charge in [-0.2, -0.15) is 13.2 Å². The van der Waals surface area contributed by atoms with Crippen molar-refractivity contribution in [1.82, 2.24) is 14.9 Å². The molecule has 10 heteroatoms. The summed E-state index contributed by atoms with van der Waals surface area (Å²) < 4.78 is 41.6. The Balaban J connectivity index is 1.52. The highest BCUT2D eigenvalue weighted by molar-refractivity contribution is 7.99. The second kappa shape index (κ2) is 10.6. The number of benzene rings is 1. The van der Waals surface area contributed by atoms with Crippen LogP contribution in [0.3, 0.4) is 0 Å². The molecule has 1 N–H and O–H groups in total. The normalized spacial score (nSPS) is 17.1. The summed E-state index contributed by atoms with van der Waals surface area (Å²) in [6.07, 6.45) is 5.58. The lowest BCUT2D eigenvalue weighted by atomic mass is 9.97. The highest BCUT2D eigenvalue weighted by atomic mass is 32.2. The molecule has 0 atom stereocenters. The van der Waals surface area contributed by atoms with E-state index in [1.165, 1.54) is 40.9 Å². The van der Waals surface area contributed by atoms with Crippen molar-refractivity contribution in [2.24, 2.45) is 0 Å². The Morgan fingerprint density at radius 1 is 1.11 bits per heavy atom. The molecule has 1 saturated carbocycles. The predicted octanol–water partition coefficient (Wildman–Crippen LogP) is 6.28. The Morgan fingerprint density at radius 2 is 1.86 bits per heavy atom. The number of carbonyl (C=O) groups excluding carboxylic acids is 1. The van der Waals surface area contributed by atoms with Crippen molar-refractivity contribution in [3.63, 3.8) is 0 Å². The largest absolute Gasteiger partial charge is 0.416 e. The SMILES string of the molecule is O=C(CSc1nc2sc3c(c2c(=O)n1-c1cccc(C(F)(F)F)c1)CCCC3)NC1CCCCCC1. The first-order valence-electron chi connectivity index (χ1n) is 12.5. The molecule has 0 aliphatic heterocycles. The van der Waals surface area contributed by atoms with Crippen molar-refractivity contribution in [3.8, 4) is 5.69 Å². The van der Waals surface area contributed by atoms with E-state index in [1.54, 1.807) is 0 Å². The van der Waals surface area contributed by atoms with E-state index in [0.29, 0.717) is 10.2 Å². The Morgan fingerprint density at radius 3 is 2.61 bits per heavy atom. The molecule has 2 aliphatic carbocycles. The number of carbonyl (C=O) groups is 1. The third kappa shape index (κ3) is 5.34. The number of thioether (sulfide) groups is 1. The summed E-state index contributed by atoms with van der Waals surface area (Å²) in [7, 11) is 0. The van der Waals surface area contributed by atoms with E-state index in [0.717, 1.165) is 85.7 Å².